The molecule has 1 aliphatic carbocycles. The molecular formula is C19H28N4O2. The summed E-state index contributed by atoms with van der Waals surface area (Å²) in [6.45, 7) is 4.53. The van der Waals surface area contributed by atoms with Crippen LogP contribution in [0.2, 0.25) is 0 Å². The largest absolute Gasteiger partial charge is 0.380 e. The van der Waals surface area contributed by atoms with Crippen molar-refractivity contribution in [1.82, 2.24) is 19.8 Å². The van der Waals surface area contributed by atoms with Crippen LogP contribution in [0, 0.1) is 11.3 Å². The molecule has 1 atom stereocenters. The summed E-state index contributed by atoms with van der Waals surface area (Å²) >= 11 is 0. The van der Waals surface area contributed by atoms with Crippen LogP contribution in [-0.2, 0) is 4.74 Å². The Kier molecular flexibility index (Phi) is 4.73. The Morgan fingerprint density at radius 3 is 2.64 bits per heavy atom. The maximum Gasteiger partial charge on any atom is 0.291 e. The van der Waals surface area contributed by atoms with Gasteiger partial charge in [-0.05, 0) is 56.6 Å². The number of hydrogen-bond donors (Lipinski definition) is 0. The van der Waals surface area contributed by atoms with E-state index in [2.05, 4.69) is 21.9 Å². The minimum atomic E-state index is -0.0360. The Hall–Kier alpha value is -1.53. The molecule has 1 spiro atoms. The fraction of sp³-hybridized carbons (Fsp3) is 0.737. The fourth-order valence-corrected chi connectivity index (χ4v) is 4.32. The summed E-state index contributed by atoms with van der Waals surface area (Å²) in [6.07, 6.45) is 9.27. The molecule has 2 aliphatic heterocycles. The summed E-state index contributed by atoms with van der Waals surface area (Å²) in [4.78, 5) is 25.1. The number of aromatic nitrogens is 2. The number of carbonyl (C=O) groups excluding carboxylic acids is 1. The molecule has 4 rings (SSSR count). The Bertz CT molecular complexity index is 597. The van der Waals surface area contributed by atoms with Gasteiger partial charge < -0.3 is 14.5 Å². The molecule has 136 valence electrons. The lowest BCUT2D eigenvalue weighted by Crippen LogP contribution is -2.44. The second kappa shape index (κ2) is 7.00. The number of hydrogen-bond acceptors (Lipinski definition) is 5. The quantitative estimate of drug-likeness (QED) is 0.816. The Balaban J connectivity index is 1.29. The molecular weight excluding hydrogens is 316 g/mol. The lowest BCUT2D eigenvalue weighted by atomic mass is 9.76. The second-order valence-electron chi connectivity index (χ2n) is 8.12. The van der Waals surface area contributed by atoms with Gasteiger partial charge in [-0.25, -0.2) is 9.97 Å². The number of likely N-dealkylation sites (tertiary alicyclic amines) is 2. The van der Waals surface area contributed by atoms with Crippen LogP contribution < -0.4 is 0 Å². The zero-order valence-electron chi connectivity index (χ0n) is 15.1. The molecule has 1 amide bonds. The van der Waals surface area contributed by atoms with E-state index in [1.807, 2.05) is 4.90 Å². The second-order valence-corrected chi connectivity index (χ2v) is 8.12. The van der Waals surface area contributed by atoms with Crippen LogP contribution in [0.5, 0.6) is 0 Å². The summed E-state index contributed by atoms with van der Waals surface area (Å²) in [5.74, 6) is 1.11. The predicted octanol–water partition coefficient (Wildman–Crippen LogP) is 1.83. The lowest BCUT2D eigenvalue weighted by molar-refractivity contribution is 0.0576. The monoisotopic (exact) mass is 344 g/mol. The first-order chi connectivity index (χ1) is 12.2. The first kappa shape index (κ1) is 16.9. The zero-order valence-corrected chi connectivity index (χ0v) is 15.1. The summed E-state index contributed by atoms with van der Waals surface area (Å²) in [5, 5.41) is 0. The molecule has 25 heavy (non-hydrogen) atoms. The first-order valence-electron chi connectivity index (χ1n) is 9.49. The van der Waals surface area contributed by atoms with Gasteiger partial charge in [0.15, 0.2) is 0 Å². The van der Waals surface area contributed by atoms with E-state index < -0.39 is 0 Å². The van der Waals surface area contributed by atoms with Crippen molar-refractivity contribution in [3.8, 4) is 0 Å². The average Bonchev–Trinajstić information content (AvgIpc) is 3.41. The molecule has 0 aromatic carbocycles. The van der Waals surface area contributed by atoms with Crippen LogP contribution in [0.15, 0.2) is 18.5 Å². The molecule has 3 heterocycles. The van der Waals surface area contributed by atoms with E-state index >= 15 is 0 Å². The molecule has 0 radical (unpaired) electrons. The van der Waals surface area contributed by atoms with Gasteiger partial charge in [0.25, 0.3) is 5.91 Å². The highest BCUT2D eigenvalue weighted by Gasteiger charge is 2.45. The molecule has 2 saturated heterocycles. The average molecular weight is 344 g/mol. The third-order valence-corrected chi connectivity index (χ3v) is 6.11. The van der Waals surface area contributed by atoms with Crippen molar-refractivity contribution in [2.75, 3.05) is 39.9 Å². The fourth-order valence-electron chi connectivity index (χ4n) is 4.32. The first-order valence-corrected chi connectivity index (χ1v) is 9.49. The van der Waals surface area contributed by atoms with E-state index in [0.29, 0.717) is 17.3 Å². The lowest BCUT2D eigenvalue weighted by Gasteiger charge is -2.39. The van der Waals surface area contributed by atoms with Gasteiger partial charge in [0.1, 0.15) is 0 Å². The standard InChI is InChI=1S/C19H28N4O2/c1-22-14-19(11-16(22)13-25-12-15-3-4-15)5-9-23(10-6-19)18(24)17-20-7-2-8-21-17/h2,7-8,15-16H,3-6,9-14H2,1H3. The van der Waals surface area contributed by atoms with Gasteiger partial charge in [0.2, 0.25) is 5.82 Å². The van der Waals surface area contributed by atoms with E-state index in [9.17, 15) is 4.79 Å². The van der Waals surface area contributed by atoms with Crippen LogP contribution in [-0.4, -0.2) is 71.6 Å². The predicted molar refractivity (Wildman–Crippen MR) is 94.2 cm³/mol. The third-order valence-electron chi connectivity index (χ3n) is 6.11. The van der Waals surface area contributed by atoms with Crippen LogP contribution in [0.25, 0.3) is 0 Å². The number of ether oxygens (including phenoxy) is 1. The van der Waals surface area contributed by atoms with Crippen molar-refractivity contribution in [3.05, 3.63) is 24.3 Å². The van der Waals surface area contributed by atoms with Crippen molar-refractivity contribution in [3.63, 3.8) is 0 Å². The van der Waals surface area contributed by atoms with Gasteiger partial charge in [0.05, 0.1) is 6.61 Å². The number of rotatable bonds is 5. The van der Waals surface area contributed by atoms with Crippen molar-refractivity contribution in [2.45, 2.75) is 38.1 Å². The Morgan fingerprint density at radius 2 is 1.96 bits per heavy atom. The minimum absolute atomic E-state index is 0.0360. The summed E-state index contributed by atoms with van der Waals surface area (Å²) in [7, 11) is 2.22. The SMILES string of the molecule is CN1CC2(CCN(C(=O)c3ncccn3)CC2)CC1COCC1CC1. The van der Waals surface area contributed by atoms with Gasteiger partial charge in [-0.1, -0.05) is 0 Å². The maximum atomic E-state index is 12.5. The zero-order chi connectivity index (χ0) is 17.3. The van der Waals surface area contributed by atoms with Crippen LogP contribution in [0.1, 0.15) is 42.7 Å². The van der Waals surface area contributed by atoms with E-state index in [0.717, 1.165) is 51.6 Å². The smallest absolute Gasteiger partial charge is 0.291 e. The van der Waals surface area contributed by atoms with Gasteiger partial charge in [-0.2, -0.15) is 0 Å². The maximum absolute atomic E-state index is 12.5. The van der Waals surface area contributed by atoms with Crippen molar-refractivity contribution in [1.29, 1.82) is 0 Å². The molecule has 1 aromatic rings. The van der Waals surface area contributed by atoms with E-state index in [1.54, 1.807) is 18.5 Å². The Morgan fingerprint density at radius 1 is 1.24 bits per heavy atom. The molecule has 1 saturated carbocycles. The normalized spacial score (nSPS) is 26.3. The van der Waals surface area contributed by atoms with E-state index in [4.69, 9.17) is 4.74 Å². The highest BCUT2D eigenvalue weighted by Crippen LogP contribution is 2.43. The molecule has 6 nitrogen and oxygen atoms in total. The molecule has 0 N–H and O–H groups in total. The van der Waals surface area contributed by atoms with Crippen LogP contribution in [0.4, 0.5) is 0 Å². The molecule has 1 unspecified atom stereocenters. The van der Waals surface area contributed by atoms with Crippen LogP contribution >= 0.6 is 0 Å². The Labute approximate surface area is 149 Å². The van der Waals surface area contributed by atoms with Gasteiger partial charge in [-0.15, -0.1) is 0 Å². The number of piperidine rings is 1. The third kappa shape index (κ3) is 3.85. The number of carbonyl (C=O) groups is 1. The molecule has 3 aliphatic rings. The van der Waals surface area contributed by atoms with Crippen molar-refractivity contribution >= 4 is 5.91 Å². The molecule has 3 fully saturated rings. The summed E-state index contributed by atoms with van der Waals surface area (Å²) in [6, 6.07) is 2.26. The topological polar surface area (TPSA) is 58.6 Å². The molecule has 0 bridgehead atoms. The molecule has 6 heteroatoms. The van der Waals surface area contributed by atoms with Gasteiger partial charge in [-0.3, -0.25) is 4.79 Å². The van der Waals surface area contributed by atoms with E-state index in [1.165, 1.54) is 19.3 Å². The number of likely N-dealkylation sites (N-methyl/N-ethyl adjacent to an activating group) is 1. The highest BCUT2D eigenvalue weighted by molar-refractivity contribution is 5.90. The summed E-state index contributed by atoms with van der Waals surface area (Å²) < 4.78 is 5.94. The number of amides is 1. The van der Waals surface area contributed by atoms with Crippen molar-refractivity contribution < 1.29 is 9.53 Å². The minimum Gasteiger partial charge on any atom is -0.380 e. The van der Waals surface area contributed by atoms with Gasteiger partial charge >= 0.3 is 0 Å². The van der Waals surface area contributed by atoms with Gasteiger partial charge in [0, 0.05) is 44.7 Å². The van der Waals surface area contributed by atoms with E-state index in [-0.39, 0.29) is 5.91 Å². The van der Waals surface area contributed by atoms with Crippen LogP contribution in [0.3, 0.4) is 0 Å². The number of nitrogens with zero attached hydrogens (tertiary/aromatic N) is 4. The molecule has 1 aromatic heterocycles. The van der Waals surface area contributed by atoms with Crippen molar-refractivity contribution in [2.24, 2.45) is 11.3 Å². The summed E-state index contributed by atoms with van der Waals surface area (Å²) in [5.41, 5.74) is 0.344. The highest BCUT2D eigenvalue weighted by atomic mass is 16.5.